The molecule has 156 valence electrons. The van der Waals surface area contributed by atoms with Crippen LogP contribution in [0.4, 0.5) is 16.4 Å². The molecule has 0 bridgehead atoms. The molecule has 2 aromatic heterocycles. The average molecular weight is 413 g/mol. The number of aliphatic hydroxyl groups excluding tert-OH is 1. The molecule has 2 aromatic carbocycles. The molecule has 9 nitrogen and oxygen atoms in total. The Morgan fingerprint density at radius 3 is 2.90 bits per heavy atom. The Kier molecular flexibility index (Phi) is 5.59. The van der Waals surface area contributed by atoms with E-state index >= 15 is 0 Å². The number of halogens is 1. The summed E-state index contributed by atoms with van der Waals surface area (Å²) in [7, 11) is 1.80. The van der Waals surface area contributed by atoms with Gasteiger partial charge >= 0.3 is 6.01 Å². The molecule has 0 aliphatic carbocycles. The van der Waals surface area contributed by atoms with E-state index in [-0.39, 0.29) is 31.0 Å². The molecule has 0 atom stereocenters. The van der Waals surface area contributed by atoms with E-state index < -0.39 is 0 Å². The number of carbonyl (C=O) groups is 1. The van der Waals surface area contributed by atoms with Crippen molar-refractivity contribution >= 4 is 40.0 Å². The summed E-state index contributed by atoms with van der Waals surface area (Å²) in [6.07, 6.45) is 0. The maximum Gasteiger partial charge on any atom is 0.302 e. The number of oxazole rings is 1. The van der Waals surface area contributed by atoms with Gasteiger partial charge in [0.15, 0.2) is 5.58 Å². The highest BCUT2D eigenvalue weighted by atomic mass is 19.1. The van der Waals surface area contributed by atoms with Crippen molar-refractivity contribution in [1.82, 2.24) is 19.9 Å². The zero-order valence-corrected chi connectivity index (χ0v) is 16.2. The first kappa shape index (κ1) is 19.8. The van der Waals surface area contributed by atoms with Crippen LogP contribution < -0.4 is 10.6 Å². The lowest BCUT2D eigenvalue weighted by molar-refractivity contribution is 0.0838. The number of ether oxygens (including phenoxy) is 1. The van der Waals surface area contributed by atoms with Gasteiger partial charge in [0.25, 0.3) is 5.91 Å². The fraction of sp³-hybridized carbons (Fsp3) is 0.250. The molecule has 30 heavy (non-hydrogen) atoms. The number of nitrogens with zero attached hydrogens (tertiary/aromatic N) is 3. The zero-order chi connectivity index (χ0) is 21.1. The first-order chi connectivity index (χ1) is 14.5. The van der Waals surface area contributed by atoms with Gasteiger partial charge in [-0.3, -0.25) is 10.1 Å². The minimum absolute atomic E-state index is 0.0572. The number of amides is 1. The maximum atomic E-state index is 13.4. The van der Waals surface area contributed by atoms with Crippen LogP contribution in [0.1, 0.15) is 10.4 Å². The third-order valence-electron chi connectivity index (χ3n) is 4.48. The Morgan fingerprint density at radius 1 is 1.20 bits per heavy atom. The molecule has 0 aliphatic heterocycles. The van der Waals surface area contributed by atoms with Crippen molar-refractivity contribution in [2.75, 3.05) is 31.7 Å². The highest BCUT2D eigenvalue weighted by Gasteiger charge is 2.14. The lowest BCUT2D eigenvalue weighted by Gasteiger charge is -2.05. The molecule has 0 saturated heterocycles. The van der Waals surface area contributed by atoms with Gasteiger partial charge < -0.3 is 24.1 Å². The highest BCUT2D eigenvalue weighted by molar-refractivity contribution is 5.97. The summed E-state index contributed by atoms with van der Waals surface area (Å²) in [5.74, 6) is -0.179. The minimum atomic E-state index is -0.361. The number of aryl methyl sites for hydroxylation is 1. The van der Waals surface area contributed by atoms with Crippen molar-refractivity contribution in [2.24, 2.45) is 7.05 Å². The molecular weight excluding hydrogens is 393 g/mol. The summed E-state index contributed by atoms with van der Waals surface area (Å²) in [6.45, 7) is 0.819. The minimum Gasteiger partial charge on any atom is -0.423 e. The smallest absolute Gasteiger partial charge is 0.302 e. The summed E-state index contributed by atoms with van der Waals surface area (Å²) in [6, 6.07) is 9.50. The van der Waals surface area contributed by atoms with Crippen LogP contribution in [0.3, 0.4) is 0 Å². The van der Waals surface area contributed by atoms with E-state index in [0.717, 1.165) is 5.52 Å². The number of fused-ring (bicyclic) bond motifs is 2. The predicted molar refractivity (Wildman–Crippen MR) is 108 cm³/mol. The van der Waals surface area contributed by atoms with Crippen LogP contribution in [0, 0.1) is 5.82 Å². The third-order valence-corrected chi connectivity index (χ3v) is 4.48. The standard InChI is InChI=1S/C20H20FN5O4/c1-26-16-4-3-13(21)11-14(16)23-19(26)25-20-24-15-10-12(2-5-17(15)30-20)18(28)22-6-8-29-9-7-27/h2-5,10-11,27H,6-9H2,1H3,(H,22,28)(H,23,24,25). The first-order valence-corrected chi connectivity index (χ1v) is 9.31. The largest absolute Gasteiger partial charge is 0.423 e. The predicted octanol–water partition coefficient (Wildman–Crippen LogP) is 2.34. The Hall–Kier alpha value is -3.50. The topological polar surface area (TPSA) is 114 Å². The van der Waals surface area contributed by atoms with Crippen LogP contribution >= 0.6 is 0 Å². The van der Waals surface area contributed by atoms with Crippen molar-refractivity contribution in [3.63, 3.8) is 0 Å². The molecule has 4 aromatic rings. The maximum absolute atomic E-state index is 13.4. The van der Waals surface area contributed by atoms with E-state index in [1.54, 1.807) is 35.9 Å². The number of anilines is 2. The lowest BCUT2D eigenvalue weighted by Crippen LogP contribution is -2.27. The molecule has 3 N–H and O–H groups in total. The second kappa shape index (κ2) is 8.47. The summed E-state index contributed by atoms with van der Waals surface area (Å²) < 4.78 is 26.0. The monoisotopic (exact) mass is 413 g/mol. The number of aromatic nitrogens is 3. The number of hydrogen-bond donors (Lipinski definition) is 3. The number of nitrogens with one attached hydrogen (secondary N) is 2. The molecule has 10 heteroatoms. The zero-order valence-electron chi connectivity index (χ0n) is 16.2. The van der Waals surface area contributed by atoms with Crippen LogP contribution in [0.25, 0.3) is 22.1 Å². The lowest BCUT2D eigenvalue weighted by atomic mass is 10.2. The van der Waals surface area contributed by atoms with Crippen LogP contribution in [0.2, 0.25) is 0 Å². The van der Waals surface area contributed by atoms with Gasteiger partial charge in [-0.25, -0.2) is 9.37 Å². The summed E-state index contributed by atoms with van der Waals surface area (Å²) in [5, 5.41) is 14.4. The number of carbonyl (C=O) groups excluding carboxylic acids is 1. The van der Waals surface area contributed by atoms with E-state index in [2.05, 4.69) is 20.6 Å². The second-order valence-electron chi connectivity index (χ2n) is 6.55. The van der Waals surface area contributed by atoms with E-state index in [0.29, 0.717) is 41.3 Å². The van der Waals surface area contributed by atoms with Crippen molar-refractivity contribution in [3.8, 4) is 0 Å². The van der Waals surface area contributed by atoms with Gasteiger partial charge in [-0.15, -0.1) is 0 Å². The normalized spacial score (nSPS) is 11.3. The quantitative estimate of drug-likeness (QED) is 0.380. The number of rotatable bonds is 8. The van der Waals surface area contributed by atoms with Crippen molar-refractivity contribution < 1.29 is 23.4 Å². The Morgan fingerprint density at radius 2 is 2.07 bits per heavy atom. The SMILES string of the molecule is Cn1c(Nc2nc3cc(C(=O)NCCOCCO)ccc3o2)nc2cc(F)ccc21. The number of aliphatic hydroxyl groups is 1. The van der Waals surface area contributed by atoms with Gasteiger partial charge in [0.2, 0.25) is 5.95 Å². The molecule has 0 fully saturated rings. The van der Waals surface area contributed by atoms with Crippen LogP contribution in [-0.4, -0.2) is 51.9 Å². The molecule has 4 rings (SSSR count). The van der Waals surface area contributed by atoms with Gasteiger partial charge in [-0.1, -0.05) is 0 Å². The third kappa shape index (κ3) is 4.09. The molecular formula is C20H20FN5O4. The average Bonchev–Trinajstić information content (AvgIpc) is 3.27. The van der Waals surface area contributed by atoms with Gasteiger partial charge in [0.05, 0.1) is 30.9 Å². The van der Waals surface area contributed by atoms with E-state index in [1.807, 2.05) is 0 Å². The summed E-state index contributed by atoms with van der Waals surface area (Å²) >= 11 is 0. The van der Waals surface area contributed by atoms with Crippen molar-refractivity contribution in [1.29, 1.82) is 0 Å². The molecule has 0 unspecified atom stereocenters. The molecule has 0 aliphatic rings. The number of hydrogen-bond acceptors (Lipinski definition) is 7. The Labute approximate surface area is 170 Å². The first-order valence-electron chi connectivity index (χ1n) is 9.31. The fourth-order valence-corrected chi connectivity index (χ4v) is 3.01. The molecule has 0 radical (unpaired) electrons. The van der Waals surface area contributed by atoms with Gasteiger partial charge in [-0.05, 0) is 30.3 Å². The fourth-order valence-electron chi connectivity index (χ4n) is 3.01. The van der Waals surface area contributed by atoms with Gasteiger partial charge in [-0.2, -0.15) is 4.98 Å². The number of imidazole rings is 1. The Bertz CT molecular complexity index is 1200. The molecule has 0 saturated carbocycles. The summed E-state index contributed by atoms with van der Waals surface area (Å²) in [4.78, 5) is 21.0. The second-order valence-corrected chi connectivity index (χ2v) is 6.55. The number of benzene rings is 2. The van der Waals surface area contributed by atoms with Crippen molar-refractivity contribution in [2.45, 2.75) is 0 Å². The van der Waals surface area contributed by atoms with E-state index in [9.17, 15) is 9.18 Å². The molecule has 2 heterocycles. The molecule has 0 spiro atoms. The highest BCUT2D eigenvalue weighted by Crippen LogP contribution is 2.25. The van der Waals surface area contributed by atoms with Crippen LogP contribution in [-0.2, 0) is 11.8 Å². The van der Waals surface area contributed by atoms with Gasteiger partial charge in [0.1, 0.15) is 11.3 Å². The Balaban J connectivity index is 1.49. The summed E-state index contributed by atoms with van der Waals surface area (Å²) in [5.41, 5.74) is 2.72. The van der Waals surface area contributed by atoms with E-state index in [4.69, 9.17) is 14.3 Å². The van der Waals surface area contributed by atoms with Crippen LogP contribution in [0.15, 0.2) is 40.8 Å². The molecule has 1 amide bonds. The van der Waals surface area contributed by atoms with Crippen LogP contribution in [0.5, 0.6) is 0 Å². The van der Waals surface area contributed by atoms with Gasteiger partial charge in [0, 0.05) is 25.2 Å². The van der Waals surface area contributed by atoms with Crippen molar-refractivity contribution in [3.05, 3.63) is 47.8 Å². The van der Waals surface area contributed by atoms with E-state index in [1.165, 1.54) is 12.1 Å².